The minimum absolute atomic E-state index is 0.00347. The summed E-state index contributed by atoms with van der Waals surface area (Å²) in [5.74, 6) is -0.0597. The lowest BCUT2D eigenvalue weighted by Gasteiger charge is -2.28. The van der Waals surface area contributed by atoms with E-state index < -0.39 is 0 Å². The summed E-state index contributed by atoms with van der Waals surface area (Å²) >= 11 is 3.24. The van der Waals surface area contributed by atoms with Crippen LogP contribution in [0.4, 0.5) is 4.39 Å². The van der Waals surface area contributed by atoms with Crippen LogP contribution in [0.5, 0.6) is 5.75 Å². The molecule has 0 heterocycles. The van der Waals surface area contributed by atoms with Crippen molar-refractivity contribution in [2.24, 2.45) is 5.73 Å². The normalized spacial score (nSPS) is 18.4. The molecule has 0 amide bonds. The summed E-state index contributed by atoms with van der Waals surface area (Å²) in [5, 5.41) is 0. The van der Waals surface area contributed by atoms with E-state index in [4.69, 9.17) is 10.5 Å². The number of hydrogen-bond acceptors (Lipinski definition) is 2. The van der Waals surface area contributed by atoms with Gasteiger partial charge in [0.05, 0.1) is 11.6 Å². The fourth-order valence-electron chi connectivity index (χ4n) is 2.68. The fraction of sp³-hybridized carbons (Fsp3) is 0.538. The summed E-state index contributed by atoms with van der Waals surface area (Å²) in [4.78, 5) is 0. The third-order valence-electron chi connectivity index (χ3n) is 3.78. The molecule has 0 aliphatic heterocycles. The number of methoxy groups -OCH3 is 1. The fourth-order valence-corrected chi connectivity index (χ4v) is 3.12. The summed E-state index contributed by atoms with van der Waals surface area (Å²) in [6, 6.07) is 3.63. The molecule has 94 valence electrons. The summed E-state index contributed by atoms with van der Waals surface area (Å²) in [6.45, 7) is 0.605. The molecule has 0 spiro atoms. The molecule has 4 heteroatoms. The highest BCUT2D eigenvalue weighted by Gasteiger charge is 2.35. The average molecular weight is 302 g/mol. The predicted octanol–water partition coefficient (Wildman–Crippen LogP) is 3.37. The van der Waals surface area contributed by atoms with E-state index in [2.05, 4.69) is 15.9 Å². The molecule has 0 bridgehead atoms. The zero-order valence-electron chi connectivity index (χ0n) is 9.93. The molecule has 17 heavy (non-hydrogen) atoms. The lowest BCUT2D eigenvalue weighted by atomic mass is 9.79. The van der Waals surface area contributed by atoms with Gasteiger partial charge in [-0.25, -0.2) is 4.39 Å². The van der Waals surface area contributed by atoms with E-state index in [0.29, 0.717) is 11.0 Å². The first-order valence-electron chi connectivity index (χ1n) is 5.86. The zero-order chi connectivity index (χ0) is 12.5. The van der Waals surface area contributed by atoms with Gasteiger partial charge in [-0.2, -0.15) is 0 Å². The quantitative estimate of drug-likeness (QED) is 0.929. The Labute approximate surface area is 109 Å². The largest absolute Gasteiger partial charge is 0.494 e. The number of halogens is 2. The molecule has 1 fully saturated rings. The van der Waals surface area contributed by atoms with Crippen molar-refractivity contribution < 1.29 is 9.13 Å². The van der Waals surface area contributed by atoms with E-state index in [0.717, 1.165) is 18.4 Å². The van der Waals surface area contributed by atoms with Crippen molar-refractivity contribution in [2.75, 3.05) is 13.7 Å². The van der Waals surface area contributed by atoms with Gasteiger partial charge < -0.3 is 10.5 Å². The molecule has 0 atom stereocenters. The second-order valence-corrected chi connectivity index (χ2v) is 5.52. The van der Waals surface area contributed by atoms with E-state index in [-0.39, 0.29) is 17.0 Å². The average Bonchev–Trinajstić information content (AvgIpc) is 2.82. The molecule has 0 saturated heterocycles. The Hall–Kier alpha value is -0.610. The maximum absolute atomic E-state index is 13.7. The first-order valence-corrected chi connectivity index (χ1v) is 6.66. The lowest BCUT2D eigenvalue weighted by molar-refractivity contribution is 0.379. The Balaban J connectivity index is 2.48. The number of nitrogens with two attached hydrogens (primary N) is 1. The van der Waals surface area contributed by atoms with Gasteiger partial charge in [-0.05, 0) is 46.5 Å². The van der Waals surface area contributed by atoms with Crippen molar-refractivity contribution >= 4 is 15.9 Å². The summed E-state index contributed by atoms with van der Waals surface area (Å²) < 4.78 is 19.2. The SMILES string of the molecule is COc1cc(C2(CN)CCCC2)cc(Br)c1F. The van der Waals surface area contributed by atoms with Crippen LogP contribution in [0.15, 0.2) is 16.6 Å². The number of ether oxygens (including phenoxy) is 1. The second kappa shape index (κ2) is 4.94. The van der Waals surface area contributed by atoms with E-state index in [1.807, 2.05) is 6.07 Å². The van der Waals surface area contributed by atoms with Gasteiger partial charge in [0.15, 0.2) is 11.6 Å². The first kappa shape index (κ1) is 12.8. The van der Waals surface area contributed by atoms with Gasteiger partial charge in [0, 0.05) is 12.0 Å². The van der Waals surface area contributed by atoms with Gasteiger partial charge in [0.2, 0.25) is 0 Å². The maximum atomic E-state index is 13.7. The van der Waals surface area contributed by atoms with Crippen molar-refractivity contribution in [3.8, 4) is 5.75 Å². The standard InChI is InChI=1S/C13H17BrFNO/c1-17-11-7-9(6-10(14)12(11)15)13(8-16)4-2-3-5-13/h6-7H,2-5,8,16H2,1H3. The topological polar surface area (TPSA) is 35.2 Å². The van der Waals surface area contributed by atoms with Crippen LogP contribution in [0.2, 0.25) is 0 Å². The molecule has 2 nitrogen and oxygen atoms in total. The maximum Gasteiger partial charge on any atom is 0.179 e. The highest BCUT2D eigenvalue weighted by molar-refractivity contribution is 9.10. The monoisotopic (exact) mass is 301 g/mol. The van der Waals surface area contributed by atoms with Gasteiger partial charge in [-0.3, -0.25) is 0 Å². The van der Waals surface area contributed by atoms with Gasteiger partial charge in [0.25, 0.3) is 0 Å². The van der Waals surface area contributed by atoms with E-state index in [9.17, 15) is 4.39 Å². The van der Waals surface area contributed by atoms with Crippen molar-refractivity contribution in [2.45, 2.75) is 31.1 Å². The molecule has 0 aromatic heterocycles. The molecule has 1 saturated carbocycles. The van der Waals surface area contributed by atoms with Crippen LogP contribution in [0.3, 0.4) is 0 Å². The van der Waals surface area contributed by atoms with E-state index in [1.54, 1.807) is 6.07 Å². The first-order chi connectivity index (χ1) is 8.13. The third-order valence-corrected chi connectivity index (χ3v) is 4.36. The Bertz CT molecular complexity index is 416. The van der Waals surface area contributed by atoms with Crippen LogP contribution in [0.1, 0.15) is 31.2 Å². The molecule has 2 N–H and O–H groups in total. The number of rotatable bonds is 3. The van der Waals surface area contributed by atoms with Crippen molar-refractivity contribution in [3.05, 3.63) is 28.0 Å². The molecular weight excluding hydrogens is 285 g/mol. The van der Waals surface area contributed by atoms with Gasteiger partial charge in [0.1, 0.15) is 0 Å². The van der Waals surface area contributed by atoms with Crippen LogP contribution >= 0.6 is 15.9 Å². The van der Waals surface area contributed by atoms with Gasteiger partial charge in [-0.1, -0.05) is 12.8 Å². The van der Waals surface area contributed by atoms with Crippen LogP contribution in [0, 0.1) is 5.82 Å². The number of hydrogen-bond donors (Lipinski definition) is 1. The molecule has 1 aliphatic rings. The molecule has 0 radical (unpaired) electrons. The Morgan fingerprint density at radius 2 is 2.06 bits per heavy atom. The van der Waals surface area contributed by atoms with Crippen LogP contribution in [0.25, 0.3) is 0 Å². The van der Waals surface area contributed by atoms with Crippen LogP contribution < -0.4 is 10.5 Å². The molecular formula is C13H17BrFNO. The zero-order valence-corrected chi connectivity index (χ0v) is 11.5. The summed E-state index contributed by atoms with van der Waals surface area (Å²) in [7, 11) is 1.48. The predicted molar refractivity (Wildman–Crippen MR) is 69.9 cm³/mol. The van der Waals surface area contributed by atoms with Crippen LogP contribution in [-0.4, -0.2) is 13.7 Å². The highest BCUT2D eigenvalue weighted by Crippen LogP contribution is 2.43. The summed E-state index contributed by atoms with van der Waals surface area (Å²) in [5.41, 5.74) is 7.02. The minimum atomic E-state index is -0.346. The van der Waals surface area contributed by atoms with Crippen molar-refractivity contribution in [1.82, 2.24) is 0 Å². The molecule has 1 aromatic rings. The van der Waals surface area contributed by atoms with E-state index in [1.165, 1.54) is 20.0 Å². The Morgan fingerprint density at radius 3 is 2.59 bits per heavy atom. The Morgan fingerprint density at radius 1 is 1.41 bits per heavy atom. The lowest BCUT2D eigenvalue weighted by Crippen LogP contribution is -2.32. The van der Waals surface area contributed by atoms with Crippen molar-refractivity contribution in [1.29, 1.82) is 0 Å². The smallest absolute Gasteiger partial charge is 0.179 e. The Kier molecular flexibility index (Phi) is 3.73. The second-order valence-electron chi connectivity index (χ2n) is 4.67. The molecule has 1 aliphatic carbocycles. The van der Waals surface area contributed by atoms with E-state index >= 15 is 0 Å². The highest BCUT2D eigenvalue weighted by atomic mass is 79.9. The van der Waals surface area contributed by atoms with Gasteiger partial charge >= 0.3 is 0 Å². The molecule has 2 rings (SSSR count). The van der Waals surface area contributed by atoms with Gasteiger partial charge in [-0.15, -0.1) is 0 Å². The van der Waals surface area contributed by atoms with Crippen LogP contribution in [-0.2, 0) is 5.41 Å². The third kappa shape index (κ3) is 2.20. The molecule has 0 unspecified atom stereocenters. The molecule has 1 aromatic carbocycles. The minimum Gasteiger partial charge on any atom is -0.494 e. The summed E-state index contributed by atoms with van der Waals surface area (Å²) in [6.07, 6.45) is 4.53. The van der Waals surface area contributed by atoms with Crippen molar-refractivity contribution in [3.63, 3.8) is 0 Å². The number of benzene rings is 1.